The fourth-order valence-electron chi connectivity index (χ4n) is 2.36. The molecule has 1 aliphatic rings. The van der Waals surface area contributed by atoms with Crippen LogP contribution in [0.3, 0.4) is 0 Å². The zero-order valence-corrected chi connectivity index (χ0v) is 11.9. The average Bonchev–Trinajstić information content (AvgIpc) is 2.66. The third kappa shape index (κ3) is 3.74. The number of nitrogens with zero attached hydrogens (tertiary/aromatic N) is 1. The highest BCUT2D eigenvalue weighted by atomic mass is 32.2. The number of anilines is 1. The van der Waals surface area contributed by atoms with Crippen molar-refractivity contribution >= 4 is 21.6 Å². The predicted molar refractivity (Wildman–Crippen MR) is 69.8 cm³/mol. The van der Waals surface area contributed by atoms with E-state index >= 15 is 0 Å². The number of nitrogens with two attached hydrogens (primary N) is 1. The monoisotopic (exact) mass is 340 g/mol. The predicted octanol–water partition coefficient (Wildman–Crippen LogP) is 1.49. The van der Waals surface area contributed by atoms with Gasteiger partial charge in [-0.2, -0.15) is 13.2 Å². The molecule has 0 saturated carbocycles. The Morgan fingerprint density at radius 3 is 2.45 bits per heavy atom. The van der Waals surface area contributed by atoms with Crippen molar-refractivity contribution in [2.24, 2.45) is 11.1 Å². The van der Waals surface area contributed by atoms with Crippen LogP contribution in [-0.2, 0) is 21.0 Å². The van der Waals surface area contributed by atoms with Crippen molar-refractivity contribution in [1.82, 2.24) is 0 Å². The number of carbonyl (C=O) groups is 1. The van der Waals surface area contributed by atoms with Gasteiger partial charge >= 0.3 is 6.18 Å². The molecule has 10 heteroatoms. The maximum Gasteiger partial charge on any atom is 0.416 e. The SMILES string of the molecule is NS(=O)(=O)CC1CC(=O)N(c2ccc(C(F)(F)F)cc2F)C1. The molecule has 22 heavy (non-hydrogen) atoms. The number of primary sulfonamides is 1. The Hall–Kier alpha value is -1.68. The smallest absolute Gasteiger partial charge is 0.309 e. The number of carbonyl (C=O) groups excluding carboxylic acids is 1. The van der Waals surface area contributed by atoms with Crippen LogP contribution in [0.4, 0.5) is 23.2 Å². The van der Waals surface area contributed by atoms with Gasteiger partial charge in [0.1, 0.15) is 5.82 Å². The summed E-state index contributed by atoms with van der Waals surface area (Å²) in [5.41, 5.74) is -1.48. The molecule has 0 radical (unpaired) electrons. The molecule has 1 saturated heterocycles. The van der Waals surface area contributed by atoms with Crippen molar-refractivity contribution < 1.29 is 30.8 Å². The number of hydrogen-bond acceptors (Lipinski definition) is 3. The summed E-state index contributed by atoms with van der Waals surface area (Å²) in [6, 6.07) is 1.82. The fourth-order valence-corrected chi connectivity index (χ4v) is 3.24. The summed E-state index contributed by atoms with van der Waals surface area (Å²) in [4.78, 5) is 12.7. The number of halogens is 4. The molecule has 0 aromatic heterocycles. The van der Waals surface area contributed by atoms with Gasteiger partial charge in [-0.25, -0.2) is 17.9 Å². The zero-order chi connectivity index (χ0) is 16.7. The lowest BCUT2D eigenvalue weighted by atomic mass is 10.1. The number of sulfonamides is 1. The molecule has 1 fully saturated rings. The highest BCUT2D eigenvalue weighted by Gasteiger charge is 2.36. The highest BCUT2D eigenvalue weighted by Crippen LogP contribution is 2.34. The molecule has 0 aliphatic carbocycles. The van der Waals surface area contributed by atoms with Crippen molar-refractivity contribution in [1.29, 1.82) is 0 Å². The van der Waals surface area contributed by atoms with Crippen molar-refractivity contribution in [3.05, 3.63) is 29.6 Å². The molecule has 1 aliphatic heterocycles. The van der Waals surface area contributed by atoms with Crippen LogP contribution in [0.5, 0.6) is 0 Å². The number of benzene rings is 1. The summed E-state index contributed by atoms with van der Waals surface area (Å²) in [7, 11) is -3.79. The molecule has 0 spiro atoms. The Morgan fingerprint density at radius 1 is 1.32 bits per heavy atom. The Bertz CT molecular complexity index is 703. The Balaban J connectivity index is 2.24. The van der Waals surface area contributed by atoms with Crippen LogP contribution in [0.25, 0.3) is 0 Å². The van der Waals surface area contributed by atoms with E-state index in [4.69, 9.17) is 5.14 Å². The lowest BCUT2D eigenvalue weighted by Crippen LogP contribution is -2.28. The number of rotatable bonds is 3. The summed E-state index contributed by atoms with van der Waals surface area (Å²) in [6.45, 7) is -0.114. The Kier molecular flexibility index (Phi) is 4.18. The van der Waals surface area contributed by atoms with Crippen LogP contribution in [-0.4, -0.2) is 26.6 Å². The number of alkyl halides is 3. The quantitative estimate of drug-likeness (QED) is 0.847. The van der Waals surface area contributed by atoms with Gasteiger partial charge in [-0.05, 0) is 18.2 Å². The minimum Gasteiger partial charge on any atom is -0.309 e. The van der Waals surface area contributed by atoms with Crippen molar-refractivity contribution in [2.45, 2.75) is 12.6 Å². The van der Waals surface area contributed by atoms with Crippen LogP contribution in [0, 0.1) is 11.7 Å². The lowest BCUT2D eigenvalue weighted by Gasteiger charge is -2.18. The maximum absolute atomic E-state index is 13.8. The maximum atomic E-state index is 13.8. The molecular weight excluding hydrogens is 328 g/mol. The van der Waals surface area contributed by atoms with Crippen molar-refractivity contribution in [3.63, 3.8) is 0 Å². The van der Waals surface area contributed by atoms with E-state index in [1.54, 1.807) is 0 Å². The van der Waals surface area contributed by atoms with Crippen LogP contribution >= 0.6 is 0 Å². The van der Waals surface area contributed by atoms with E-state index in [0.29, 0.717) is 12.1 Å². The Labute approximate surface area is 123 Å². The average molecular weight is 340 g/mol. The second-order valence-electron chi connectivity index (χ2n) is 5.07. The van der Waals surface area contributed by atoms with Crippen molar-refractivity contribution in [2.75, 3.05) is 17.2 Å². The third-order valence-electron chi connectivity index (χ3n) is 3.24. The first-order valence-electron chi connectivity index (χ1n) is 6.15. The molecule has 2 rings (SSSR count). The van der Waals surface area contributed by atoms with Gasteiger partial charge in [-0.1, -0.05) is 0 Å². The van der Waals surface area contributed by atoms with E-state index in [2.05, 4.69) is 0 Å². The lowest BCUT2D eigenvalue weighted by molar-refractivity contribution is -0.137. The first kappa shape index (κ1) is 16.7. The van der Waals surface area contributed by atoms with Crippen LogP contribution in [0.2, 0.25) is 0 Å². The molecule has 2 N–H and O–H groups in total. The van der Waals surface area contributed by atoms with E-state index in [-0.39, 0.29) is 18.7 Å². The minimum absolute atomic E-state index is 0.114. The third-order valence-corrected chi connectivity index (χ3v) is 4.17. The normalized spacial score (nSPS) is 19.8. The summed E-state index contributed by atoms with van der Waals surface area (Å²) < 4.78 is 73.3. The topological polar surface area (TPSA) is 80.5 Å². The largest absolute Gasteiger partial charge is 0.416 e. The molecule has 1 atom stereocenters. The van der Waals surface area contributed by atoms with Crippen LogP contribution < -0.4 is 10.0 Å². The summed E-state index contributed by atoms with van der Waals surface area (Å²) in [5, 5.41) is 4.89. The zero-order valence-electron chi connectivity index (χ0n) is 11.1. The molecular formula is C12H12F4N2O3S. The molecule has 5 nitrogen and oxygen atoms in total. The molecule has 1 unspecified atom stereocenters. The molecule has 0 bridgehead atoms. The van der Waals surface area contributed by atoms with Crippen LogP contribution in [0.1, 0.15) is 12.0 Å². The van der Waals surface area contributed by atoms with E-state index in [0.717, 1.165) is 11.0 Å². The fraction of sp³-hybridized carbons (Fsp3) is 0.417. The molecule has 1 aromatic carbocycles. The van der Waals surface area contributed by atoms with Crippen molar-refractivity contribution in [3.8, 4) is 0 Å². The van der Waals surface area contributed by atoms with E-state index < -0.39 is 45.2 Å². The van der Waals surface area contributed by atoms with Gasteiger partial charge in [0.15, 0.2) is 0 Å². The number of amides is 1. The standard InChI is InChI=1S/C12H12F4N2O3S/c13-9-4-8(12(14,15)16)1-2-10(9)18-5-7(3-11(18)19)6-22(17,20)21/h1-2,4,7H,3,5-6H2,(H2,17,20,21). The molecule has 1 amide bonds. The molecule has 122 valence electrons. The minimum atomic E-state index is -4.69. The highest BCUT2D eigenvalue weighted by molar-refractivity contribution is 7.89. The van der Waals surface area contributed by atoms with Gasteiger partial charge in [0, 0.05) is 18.9 Å². The van der Waals surface area contributed by atoms with Crippen LogP contribution in [0.15, 0.2) is 18.2 Å². The summed E-state index contributed by atoms with van der Waals surface area (Å²) in [5.74, 6) is -2.83. The van der Waals surface area contributed by atoms with Gasteiger partial charge in [0.2, 0.25) is 15.9 Å². The Morgan fingerprint density at radius 2 is 1.95 bits per heavy atom. The summed E-state index contributed by atoms with van der Waals surface area (Å²) in [6.07, 6.45) is -4.85. The first-order chi connectivity index (χ1) is 9.97. The second-order valence-corrected chi connectivity index (χ2v) is 6.73. The van der Waals surface area contributed by atoms with Gasteiger partial charge in [-0.3, -0.25) is 4.79 Å². The second kappa shape index (κ2) is 5.51. The van der Waals surface area contributed by atoms with E-state index in [9.17, 15) is 30.8 Å². The van der Waals surface area contributed by atoms with Gasteiger partial charge in [0.05, 0.1) is 17.0 Å². The van der Waals surface area contributed by atoms with Gasteiger partial charge in [-0.15, -0.1) is 0 Å². The first-order valence-corrected chi connectivity index (χ1v) is 7.86. The van der Waals surface area contributed by atoms with Gasteiger partial charge < -0.3 is 4.90 Å². The molecule has 1 aromatic rings. The van der Waals surface area contributed by atoms with Gasteiger partial charge in [0.25, 0.3) is 0 Å². The molecule has 1 heterocycles. The van der Waals surface area contributed by atoms with E-state index in [1.165, 1.54) is 0 Å². The van der Waals surface area contributed by atoms with E-state index in [1.807, 2.05) is 0 Å². The summed E-state index contributed by atoms with van der Waals surface area (Å²) >= 11 is 0. The number of hydrogen-bond donors (Lipinski definition) is 1.